The predicted octanol–water partition coefficient (Wildman–Crippen LogP) is 2.94. The highest BCUT2D eigenvalue weighted by Gasteiger charge is 2.21. The Morgan fingerprint density at radius 1 is 1.17 bits per heavy atom. The second-order valence-corrected chi connectivity index (χ2v) is 6.55. The van der Waals surface area contributed by atoms with Crippen LogP contribution in [0.25, 0.3) is 0 Å². The molecule has 0 saturated carbocycles. The maximum absolute atomic E-state index is 11.3. The summed E-state index contributed by atoms with van der Waals surface area (Å²) in [5, 5.41) is 17.6. The fraction of sp³-hybridized carbons (Fsp3) is 0.421. The Labute approximate surface area is 142 Å². The molecule has 2 heterocycles. The quantitative estimate of drug-likeness (QED) is 0.915. The lowest BCUT2D eigenvalue weighted by Crippen LogP contribution is -2.34. The van der Waals surface area contributed by atoms with Gasteiger partial charge in [0, 0.05) is 6.54 Å². The first-order valence-electron chi connectivity index (χ1n) is 8.44. The van der Waals surface area contributed by atoms with Crippen molar-refractivity contribution in [2.24, 2.45) is 5.92 Å². The van der Waals surface area contributed by atoms with Crippen molar-refractivity contribution >= 4 is 5.97 Å². The van der Waals surface area contributed by atoms with E-state index in [1.807, 2.05) is 31.2 Å². The lowest BCUT2D eigenvalue weighted by atomic mass is 9.88. The van der Waals surface area contributed by atoms with Crippen LogP contribution in [0.3, 0.4) is 0 Å². The molecule has 126 valence electrons. The van der Waals surface area contributed by atoms with Crippen molar-refractivity contribution in [2.45, 2.75) is 32.7 Å². The van der Waals surface area contributed by atoms with E-state index in [4.69, 9.17) is 0 Å². The van der Waals surface area contributed by atoms with Gasteiger partial charge in [-0.1, -0.05) is 18.2 Å². The molecule has 0 radical (unpaired) electrons. The molecule has 1 aliphatic rings. The second-order valence-electron chi connectivity index (χ2n) is 6.55. The van der Waals surface area contributed by atoms with Crippen LogP contribution < -0.4 is 0 Å². The molecular formula is C19H23N3O2. The molecule has 0 spiro atoms. The number of carbonyl (C=O) groups is 1. The average Bonchev–Trinajstić information content (AvgIpc) is 2.59. The highest BCUT2D eigenvalue weighted by molar-refractivity contribution is 5.89. The number of likely N-dealkylation sites (tertiary alicyclic amines) is 1. The molecule has 1 fully saturated rings. The van der Waals surface area contributed by atoms with Crippen LogP contribution in [0.4, 0.5) is 0 Å². The summed E-state index contributed by atoms with van der Waals surface area (Å²) in [6, 6.07) is 11.4. The number of nitrogens with zero attached hydrogens (tertiary/aromatic N) is 3. The van der Waals surface area contributed by atoms with E-state index in [1.165, 1.54) is 0 Å². The number of hydrogen-bond acceptors (Lipinski definition) is 4. The van der Waals surface area contributed by atoms with Crippen molar-refractivity contribution in [3.8, 4) is 0 Å². The van der Waals surface area contributed by atoms with Gasteiger partial charge in [-0.3, -0.25) is 4.90 Å². The molecule has 1 aliphatic heterocycles. The first-order valence-corrected chi connectivity index (χ1v) is 8.44. The largest absolute Gasteiger partial charge is 0.478 e. The number of hydrogen-bond donors (Lipinski definition) is 1. The van der Waals surface area contributed by atoms with Crippen LogP contribution in [0.15, 0.2) is 36.4 Å². The summed E-state index contributed by atoms with van der Waals surface area (Å²) in [5.74, 6) is -0.285. The summed E-state index contributed by atoms with van der Waals surface area (Å²) in [5.41, 5.74) is 3.34. The van der Waals surface area contributed by atoms with Gasteiger partial charge in [0.1, 0.15) is 0 Å². The molecule has 0 amide bonds. The molecule has 1 aromatic heterocycles. The number of aromatic carboxylic acids is 1. The van der Waals surface area contributed by atoms with Crippen molar-refractivity contribution in [3.63, 3.8) is 0 Å². The van der Waals surface area contributed by atoms with Gasteiger partial charge in [-0.25, -0.2) is 4.79 Å². The number of rotatable bonds is 5. The molecule has 1 saturated heterocycles. The molecule has 0 aliphatic carbocycles. The van der Waals surface area contributed by atoms with Crippen LogP contribution in [0.5, 0.6) is 0 Å². The predicted molar refractivity (Wildman–Crippen MR) is 91.9 cm³/mol. The third kappa shape index (κ3) is 4.17. The maximum Gasteiger partial charge on any atom is 0.335 e. The molecule has 0 bridgehead atoms. The average molecular weight is 325 g/mol. The Morgan fingerprint density at radius 2 is 1.92 bits per heavy atom. The number of carboxylic acid groups (broad SMARTS) is 1. The molecular weight excluding hydrogens is 302 g/mol. The standard InChI is InChI=1S/C19H23N3O2/c1-14-6-7-17(21-20-14)13-22-10-8-15(9-11-22)12-16-4-2-3-5-18(16)19(23)24/h2-7,15H,8-13H2,1H3,(H,23,24). The summed E-state index contributed by atoms with van der Waals surface area (Å²) in [7, 11) is 0. The van der Waals surface area contributed by atoms with Crippen LogP contribution >= 0.6 is 0 Å². The van der Waals surface area contributed by atoms with Gasteiger partial charge < -0.3 is 5.11 Å². The maximum atomic E-state index is 11.3. The molecule has 1 N–H and O–H groups in total. The number of aromatic nitrogens is 2. The van der Waals surface area contributed by atoms with E-state index in [1.54, 1.807) is 12.1 Å². The third-order valence-electron chi connectivity index (χ3n) is 4.70. The number of benzene rings is 1. The van der Waals surface area contributed by atoms with Crippen molar-refractivity contribution < 1.29 is 9.90 Å². The SMILES string of the molecule is Cc1ccc(CN2CCC(Cc3ccccc3C(=O)O)CC2)nn1. The fourth-order valence-electron chi connectivity index (χ4n) is 3.31. The molecule has 1 aromatic carbocycles. The minimum Gasteiger partial charge on any atom is -0.478 e. The van der Waals surface area contributed by atoms with E-state index in [0.29, 0.717) is 11.5 Å². The van der Waals surface area contributed by atoms with Crippen molar-refractivity contribution in [3.05, 3.63) is 58.9 Å². The van der Waals surface area contributed by atoms with Crippen LogP contribution in [0.1, 0.15) is 40.2 Å². The first-order chi connectivity index (χ1) is 11.6. The number of piperidine rings is 1. The Balaban J connectivity index is 1.54. The zero-order chi connectivity index (χ0) is 16.9. The van der Waals surface area contributed by atoms with Crippen molar-refractivity contribution in [1.29, 1.82) is 0 Å². The van der Waals surface area contributed by atoms with Crippen LogP contribution in [-0.4, -0.2) is 39.3 Å². The fourth-order valence-corrected chi connectivity index (χ4v) is 3.31. The smallest absolute Gasteiger partial charge is 0.335 e. The van der Waals surface area contributed by atoms with Gasteiger partial charge in [0.15, 0.2) is 0 Å². The Kier molecular flexibility index (Phi) is 5.20. The monoisotopic (exact) mass is 325 g/mol. The van der Waals surface area contributed by atoms with Crippen molar-refractivity contribution in [2.75, 3.05) is 13.1 Å². The summed E-state index contributed by atoms with van der Waals surface area (Å²) in [6.07, 6.45) is 3.03. The van der Waals surface area contributed by atoms with E-state index in [-0.39, 0.29) is 0 Å². The van der Waals surface area contributed by atoms with Gasteiger partial charge in [-0.2, -0.15) is 10.2 Å². The second kappa shape index (κ2) is 7.53. The highest BCUT2D eigenvalue weighted by atomic mass is 16.4. The topological polar surface area (TPSA) is 66.3 Å². The third-order valence-corrected chi connectivity index (χ3v) is 4.70. The lowest BCUT2D eigenvalue weighted by Gasteiger charge is -2.31. The van der Waals surface area contributed by atoms with Gasteiger partial charge >= 0.3 is 5.97 Å². The summed E-state index contributed by atoms with van der Waals surface area (Å²) in [4.78, 5) is 13.7. The van der Waals surface area contributed by atoms with E-state index in [9.17, 15) is 9.90 Å². The number of aryl methyl sites for hydroxylation is 1. The molecule has 0 atom stereocenters. The Hall–Kier alpha value is -2.27. The van der Waals surface area contributed by atoms with Crippen LogP contribution in [0.2, 0.25) is 0 Å². The molecule has 2 aromatic rings. The Morgan fingerprint density at radius 3 is 2.58 bits per heavy atom. The zero-order valence-electron chi connectivity index (χ0n) is 14.0. The zero-order valence-corrected chi connectivity index (χ0v) is 14.0. The van der Waals surface area contributed by atoms with Gasteiger partial charge in [-0.15, -0.1) is 0 Å². The molecule has 0 unspecified atom stereocenters. The van der Waals surface area contributed by atoms with E-state index in [0.717, 1.165) is 55.8 Å². The van der Waals surface area contributed by atoms with Crippen LogP contribution in [-0.2, 0) is 13.0 Å². The van der Waals surface area contributed by atoms with Gasteiger partial charge in [0.25, 0.3) is 0 Å². The van der Waals surface area contributed by atoms with Gasteiger partial charge in [-0.05, 0) is 69.0 Å². The van der Waals surface area contributed by atoms with E-state index in [2.05, 4.69) is 15.1 Å². The summed E-state index contributed by atoms with van der Waals surface area (Å²) in [6.45, 7) is 4.83. The van der Waals surface area contributed by atoms with Gasteiger partial charge in [0.05, 0.1) is 17.0 Å². The lowest BCUT2D eigenvalue weighted by molar-refractivity contribution is 0.0695. The molecule has 5 nitrogen and oxygen atoms in total. The Bertz CT molecular complexity index is 692. The minimum atomic E-state index is -0.832. The van der Waals surface area contributed by atoms with Crippen molar-refractivity contribution in [1.82, 2.24) is 15.1 Å². The normalized spacial score (nSPS) is 16.2. The van der Waals surface area contributed by atoms with Crippen LogP contribution in [0, 0.1) is 12.8 Å². The minimum absolute atomic E-state index is 0.440. The summed E-state index contributed by atoms with van der Waals surface area (Å²) < 4.78 is 0. The first kappa shape index (κ1) is 16.6. The molecule has 5 heteroatoms. The van der Waals surface area contributed by atoms with E-state index >= 15 is 0 Å². The van der Waals surface area contributed by atoms with Gasteiger partial charge in [0.2, 0.25) is 0 Å². The summed E-state index contributed by atoms with van der Waals surface area (Å²) >= 11 is 0. The van der Waals surface area contributed by atoms with E-state index < -0.39 is 5.97 Å². The molecule has 3 rings (SSSR count). The highest BCUT2D eigenvalue weighted by Crippen LogP contribution is 2.24. The molecule has 24 heavy (non-hydrogen) atoms. The number of carboxylic acids is 1.